The Kier molecular flexibility index (Phi) is 4.99. The fourth-order valence-electron chi connectivity index (χ4n) is 2.22. The van der Waals surface area contributed by atoms with Gasteiger partial charge < -0.3 is 4.74 Å². The molecule has 8 nitrogen and oxygen atoms in total. The van der Waals surface area contributed by atoms with E-state index in [2.05, 4.69) is 15.5 Å². The average Bonchev–Trinajstić information content (AvgIpc) is 3.08. The highest BCUT2D eigenvalue weighted by Gasteiger charge is 2.33. The first-order chi connectivity index (χ1) is 12.8. The van der Waals surface area contributed by atoms with Crippen LogP contribution in [0.1, 0.15) is 5.56 Å². The van der Waals surface area contributed by atoms with Gasteiger partial charge in [-0.25, -0.2) is 0 Å². The highest BCUT2D eigenvalue weighted by molar-refractivity contribution is 7.99. The molecule has 3 aromatic rings. The van der Waals surface area contributed by atoms with Gasteiger partial charge in [0.2, 0.25) is 5.16 Å². The van der Waals surface area contributed by atoms with E-state index >= 15 is 0 Å². The molecule has 12 heteroatoms. The predicted octanol–water partition coefficient (Wildman–Crippen LogP) is 3.75. The second-order valence-electron chi connectivity index (χ2n) is 5.08. The van der Waals surface area contributed by atoms with E-state index in [1.807, 2.05) is 0 Å². The third-order valence-corrected chi connectivity index (χ3v) is 4.44. The number of nitrogens with zero attached hydrogens (tertiary/aromatic N) is 5. The summed E-state index contributed by atoms with van der Waals surface area (Å²) in [5.74, 6) is 0.452. The number of tetrazole rings is 1. The van der Waals surface area contributed by atoms with Crippen LogP contribution < -0.4 is 4.74 Å². The number of aromatic nitrogens is 4. The second-order valence-corrected chi connectivity index (χ2v) is 6.09. The molecule has 0 atom stereocenters. The van der Waals surface area contributed by atoms with E-state index in [4.69, 9.17) is 4.74 Å². The van der Waals surface area contributed by atoms with E-state index in [-0.39, 0.29) is 10.1 Å². The number of halogens is 3. The van der Waals surface area contributed by atoms with Crippen LogP contribution in [-0.2, 0) is 6.18 Å². The Balaban J connectivity index is 2.02. The number of hydrogen-bond donors (Lipinski definition) is 0. The molecule has 0 aliphatic carbocycles. The highest BCUT2D eigenvalue weighted by Crippen LogP contribution is 2.39. The molecule has 2 aromatic carbocycles. The van der Waals surface area contributed by atoms with Crippen LogP contribution in [0.4, 0.5) is 18.9 Å². The monoisotopic (exact) mass is 397 g/mol. The molecule has 0 fully saturated rings. The number of para-hydroxylation sites is 2. The molecule has 0 saturated heterocycles. The fourth-order valence-corrected chi connectivity index (χ4v) is 3.09. The Labute approximate surface area is 154 Å². The summed E-state index contributed by atoms with van der Waals surface area (Å²) in [7, 11) is 1.46. The largest absolute Gasteiger partial charge is 0.494 e. The zero-order chi connectivity index (χ0) is 19.6. The van der Waals surface area contributed by atoms with Gasteiger partial charge in [0.25, 0.3) is 5.69 Å². The molecular weight excluding hydrogens is 387 g/mol. The molecule has 0 aliphatic heterocycles. The number of alkyl halides is 3. The number of rotatable bonds is 5. The fraction of sp³-hybridized carbons (Fsp3) is 0.133. The SMILES string of the molecule is COc1ccccc1-n1nnnc1Sc1ccc(C(F)(F)F)cc1[N+](=O)[O-]. The van der Waals surface area contributed by atoms with Gasteiger partial charge in [-0.05, 0) is 46.5 Å². The van der Waals surface area contributed by atoms with E-state index in [0.717, 1.165) is 23.9 Å². The van der Waals surface area contributed by atoms with Crippen molar-refractivity contribution < 1.29 is 22.8 Å². The lowest BCUT2D eigenvalue weighted by Gasteiger charge is -2.10. The molecule has 0 aliphatic rings. The molecule has 0 radical (unpaired) electrons. The lowest BCUT2D eigenvalue weighted by Crippen LogP contribution is -2.06. The first-order valence-electron chi connectivity index (χ1n) is 7.26. The van der Waals surface area contributed by atoms with Gasteiger partial charge in [0.15, 0.2) is 0 Å². The number of ether oxygens (including phenoxy) is 1. The van der Waals surface area contributed by atoms with Crippen LogP contribution in [0, 0.1) is 10.1 Å². The lowest BCUT2D eigenvalue weighted by atomic mass is 10.2. The molecule has 1 heterocycles. The van der Waals surface area contributed by atoms with Gasteiger partial charge in [-0.2, -0.15) is 17.9 Å². The van der Waals surface area contributed by atoms with E-state index in [1.165, 1.54) is 11.8 Å². The molecule has 140 valence electrons. The zero-order valence-corrected chi connectivity index (χ0v) is 14.4. The molecular formula is C15H10F3N5O3S. The van der Waals surface area contributed by atoms with Crippen molar-refractivity contribution in [1.82, 2.24) is 20.2 Å². The van der Waals surface area contributed by atoms with Crippen molar-refractivity contribution in [2.75, 3.05) is 7.11 Å². The Morgan fingerprint density at radius 3 is 2.63 bits per heavy atom. The minimum Gasteiger partial charge on any atom is -0.494 e. The summed E-state index contributed by atoms with van der Waals surface area (Å²) in [4.78, 5) is 10.3. The van der Waals surface area contributed by atoms with Gasteiger partial charge in [-0.3, -0.25) is 10.1 Å². The summed E-state index contributed by atoms with van der Waals surface area (Å²) >= 11 is 0.771. The van der Waals surface area contributed by atoms with Crippen molar-refractivity contribution in [2.45, 2.75) is 16.2 Å². The van der Waals surface area contributed by atoms with Crippen LogP contribution in [0.15, 0.2) is 52.5 Å². The van der Waals surface area contributed by atoms with Gasteiger partial charge in [0.05, 0.1) is 22.5 Å². The summed E-state index contributed by atoms with van der Waals surface area (Å²) in [6.07, 6.45) is -4.69. The molecule has 1 aromatic heterocycles. The third kappa shape index (κ3) is 3.84. The van der Waals surface area contributed by atoms with Crippen molar-refractivity contribution in [3.63, 3.8) is 0 Å². The highest BCUT2D eigenvalue weighted by atomic mass is 32.2. The number of hydrogen-bond acceptors (Lipinski definition) is 7. The normalized spacial score (nSPS) is 11.4. The molecule has 0 unspecified atom stereocenters. The zero-order valence-electron chi connectivity index (χ0n) is 13.5. The summed E-state index contributed by atoms with van der Waals surface area (Å²) in [5.41, 5.74) is -1.32. The van der Waals surface area contributed by atoms with Crippen LogP contribution >= 0.6 is 11.8 Å². The Hall–Kier alpha value is -3.15. The summed E-state index contributed by atoms with van der Waals surface area (Å²) < 4.78 is 45.0. The number of benzene rings is 2. The van der Waals surface area contributed by atoms with E-state index in [0.29, 0.717) is 17.5 Å². The van der Waals surface area contributed by atoms with E-state index < -0.39 is 22.4 Å². The first-order valence-corrected chi connectivity index (χ1v) is 8.08. The number of nitro benzene ring substituents is 1. The van der Waals surface area contributed by atoms with E-state index in [1.54, 1.807) is 24.3 Å². The Morgan fingerprint density at radius 2 is 1.96 bits per heavy atom. The average molecular weight is 397 g/mol. The molecule has 27 heavy (non-hydrogen) atoms. The first kappa shape index (κ1) is 18.6. The third-order valence-electron chi connectivity index (χ3n) is 3.44. The van der Waals surface area contributed by atoms with Gasteiger partial charge in [0, 0.05) is 6.07 Å². The topological polar surface area (TPSA) is 96.0 Å². The van der Waals surface area contributed by atoms with Gasteiger partial charge >= 0.3 is 6.18 Å². The quantitative estimate of drug-likeness (QED) is 0.478. The van der Waals surface area contributed by atoms with Crippen molar-refractivity contribution in [1.29, 1.82) is 0 Å². The Bertz CT molecular complexity index is 993. The van der Waals surface area contributed by atoms with Gasteiger partial charge in [-0.15, -0.1) is 5.10 Å². The standard InChI is InChI=1S/C15H10F3N5O3S/c1-26-12-5-3-2-4-10(12)22-14(19-20-21-22)27-13-7-6-9(15(16,17)18)8-11(13)23(24)25/h2-8H,1H3. The maximum absolute atomic E-state index is 12.8. The smallest absolute Gasteiger partial charge is 0.416 e. The molecule has 0 bridgehead atoms. The van der Waals surface area contributed by atoms with E-state index in [9.17, 15) is 23.3 Å². The second kappa shape index (κ2) is 7.23. The number of methoxy groups -OCH3 is 1. The minimum absolute atomic E-state index is 0.0288. The number of nitro groups is 1. The van der Waals surface area contributed by atoms with Crippen molar-refractivity contribution in [3.05, 3.63) is 58.1 Å². The summed E-state index contributed by atoms with van der Waals surface area (Å²) in [5, 5.41) is 22.5. The van der Waals surface area contributed by atoms with Crippen LogP contribution in [-0.4, -0.2) is 32.2 Å². The minimum atomic E-state index is -4.69. The van der Waals surface area contributed by atoms with Crippen LogP contribution in [0.25, 0.3) is 5.69 Å². The molecule has 0 amide bonds. The summed E-state index contributed by atoms with van der Waals surface area (Å²) in [6, 6.07) is 9.07. The maximum Gasteiger partial charge on any atom is 0.416 e. The molecule has 0 N–H and O–H groups in total. The van der Waals surface area contributed by atoms with Crippen molar-refractivity contribution in [3.8, 4) is 11.4 Å². The van der Waals surface area contributed by atoms with Crippen molar-refractivity contribution >= 4 is 17.4 Å². The van der Waals surface area contributed by atoms with Gasteiger partial charge in [-0.1, -0.05) is 12.1 Å². The van der Waals surface area contributed by atoms with Crippen LogP contribution in [0.5, 0.6) is 5.75 Å². The summed E-state index contributed by atoms with van der Waals surface area (Å²) in [6.45, 7) is 0. The molecule has 3 rings (SSSR count). The molecule has 0 spiro atoms. The maximum atomic E-state index is 12.8. The predicted molar refractivity (Wildman–Crippen MR) is 87.9 cm³/mol. The molecule has 0 saturated carbocycles. The van der Waals surface area contributed by atoms with Crippen LogP contribution in [0.3, 0.4) is 0 Å². The Morgan fingerprint density at radius 1 is 1.22 bits per heavy atom. The van der Waals surface area contributed by atoms with Crippen LogP contribution in [0.2, 0.25) is 0 Å². The van der Waals surface area contributed by atoms with Gasteiger partial charge in [0.1, 0.15) is 11.4 Å². The van der Waals surface area contributed by atoms with Crippen molar-refractivity contribution in [2.24, 2.45) is 0 Å². The lowest BCUT2D eigenvalue weighted by molar-refractivity contribution is -0.388.